The van der Waals surface area contributed by atoms with Crippen LogP contribution in [0.5, 0.6) is 0 Å². The molecule has 7 atom stereocenters. The number of fused-ring (bicyclic) bond motifs is 6. The summed E-state index contributed by atoms with van der Waals surface area (Å²) in [6.07, 6.45) is 10.00. The average Bonchev–Trinajstić information content (AvgIpc) is 4.14. The van der Waals surface area contributed by atoms with Crippen LogP contribution in [0, 0.1) is 5.92 Å². The molecule has 332 valence electrons. The third-order valence-corrected chi connectivity index (χ3v) is 14.5. The van der Waals surface area contributed by atoms with Crippen LogP contribution in [0.4, 0.5) is 0 Å². The summed E-state index contributed by atoms with van der Waals surface area (Å²) in [5, 5.41) is 13.8. The van der Waals surface area contributed by atoms with Gasteiger partial charge in [0.25, 0.3) is 0 Å². The van der Waals surface area contributed by atoms with Gasteiger partial charge in [-0.1, -0.05) is 62.1 Å². The van der Waals surface area contributed by atoms with Crippen LogP contribution in [0.1, 0.15) is 94.6 Å². The molecule has 0 radical (unpaired) electrons. The maximum Gasteiger partial charge on any atom is 0.246 e. The van der Waals surface area contributed by atoms with Gasteiger partial charge in [-0.3, -0.25) is 33.6 Å². The zero-order chi connectivity index (χ0) is 43.8. The van der Waals surface area contributed by atoms with E-state index in [1.165, 1.54) is 4.90 Å². The lowest BCUT2D eigenvalue weighted by molar-refractivity contribution is -0.150. The molecule has 16 heteroatoms. The second kappa shape index (κ2) is 17.5. The largest absolute Gasteiger partial charge is 0.370 e. The Morgan fingerprint density at radius 3 is 1.95 bits per heavy atom. The molecule has 0 unspecified atom stereocenters. The lowest BCUT2D eigenvalue weighted by Crippen LogP contribution is -2.65. The molecule has 5 aliphatic rings. The third kappa shape index (κ3) is 8.27. The standard InChI is InChI=1S/C47H57N9O7/c48-40(57)18-17-34-44(61)55-21-9-16-38(55)45(62)56-37-15-6-1-10-27(37)24-39(56)43(60)52-36(23-29-26-50-33-14-5-3-12-31(29)33)42(59)54-47(19-7-8-20-47)46(63)53-35(41(58)51-34)22-28-25-49-32-13-4-2-11-30(28)32/h2-5,11-14,25-27,34-39,49-50H,1,6-10,15-24H2,(H2,48,57)(H,51,58)(H,52,60)(H,53,63)(H,54,59)/t27-,34-,35-,36-,37-,38+,39-/m0/s1. The van der Waals surface area contributed by atoms with Crippen LogP contribution in [0.25, 0.3) is 21.8 Å². The van der Waals surface area contributed by atoms with E-state index < -0.39 is 71.2 Å². The molecule has 3 aliphatic heterocycles. The molecule has 8 N–H and O–H groups in total. The number of H-pyrrole nitrogens is 2. The minimum Gasteiger partial charge on any atom is -0.370 e. The molecule has 16 nitrogen and oxygen atoms in total. The monoisotopic (exact) mass is 859 g/mol. The highest BCUT2D eigenvalue weighted by molar-refractivity contribution is 6.01. The first-order chi connectivity index (χ1) is 30.5. The maximum atomic E-state index is 15.0. The topological polar surface area (TPSA) is 232 Å². The first-order valence-electron chi connectivity index (χ1n) is 22.7. The fourth-order valence-electron chi connectivity index (χ4n) is 11.2. The second-order valence-electron chi connectivity index (χ2n) is 18.4. The SMILES string of the molecule is NC(=O)CC[C@@H]1NC(=O)[C@H](Cc2c[nH]c3ccccc23)NC(=O)C2(CCCC2)NC(=O)[C@H](Cc2c[nH]c3ccccc23)NC(=O)[C@@H]2C[C@@H]3CCCC[C@@H]3N2C(=O)[C@H]2CCCN2C1=O. The minimum absolute atomic E-state index is 0.0331. The number of hydrogen-bond donors (Lipinski definition) is 7. The fraction of sp³-hybridized carbons (Fsp3) is 0.511. The zero-order valence-electron chi connectivity index (χ0n) is 35.5. The van der Waals surface area contributed by atoms with Gasteiger partial charge in [-0.05, 0) is 80.5 Å². The summed E-state index contributed by atoms with van der Waals surface area (Å²) < 4.78 is 0. The molecule has 2 aromatic heterocycles. The molecule has 9 rings (SSSR count). The normalized spacial score (nSPS) is 28.2. The van der Waals surface area contributed by atoms with Gasteiger partial charge in [-0.15, -0.1) is 0 Å². The van der Waals surface area contributed by atoms with Gasteiger partial charge >= 0.3 is 0 Å². The highest BCUT2D eigenvalue weighted by atomic mass is 16.2. The first kappa shape index (κ1) is 42.1. The number of nitrogens with one attached hydrogen (secondary N) is 6. The van der Waals surface area contributed by atoms with Crippen molar-refractivity contribution in [2.45, 2.75) is 138 Å². The van der Waals surface area contributed by atoms with E-state index in [0.717, 1.165) is 52.2 Å². The van der Waals surface area contributed by atoms with Crippen molar-refractivity contribution < 1.29 is 33.6 Å². The smallest absolute Gasteiger partial charge is 0.246 e. The molecule has 5 fully saturated rings. The van der Waals surface area contributed by atoms with Crippen molar-refractivity contribution in [1.29, 1.82) is 0 Å². The third-order valence-electron chi connectivity index (χ3n) is 14.5. The zero-order valence-corrected chi connectivity index (χ0v) is 35.5. The van der Waals surface area contributed by atoms with Crippen LogP contribution < -0.4 is 27.0 Å². The van der Waals surface area contributed by atoms with Gasteiger partial charge in [-0.25, -0.2) is 0 Å². The van der Waals surface area contributed by atoms with Crippen molar-refractivity contribution in [3.63, 3.8) is 0 Å². The molecule has 2 saturated carbocycles. The van der Waals surface area contributed by atoms with Crippen LogP contribution >= 0.6 is 0 Å². The molecule has 7 amide bonds. The summed E-state index contributed by atoms with van der Waals surface area (Å²) in [6.45, 7) is 0.238. The van der Waals surface area contributed by atoms with Crippen molar-refractivity contribution in [2.75, 3.05) is 6.54 Å². The van der Waals surface area contributed by atoms with Gasteiger partial charge in [0.05, 0.1) is 0 Å². The molecule has 63 heavy (non-hydrogen) atoms. The summed E-state index contributed by atoms with van der Waals surface area (Å²) in [7, 11) is 0. The Morgan fingerprint density at radius 1 is 0.667 bits per heavy atom. The molecule has 2 aromatic carbocycles. The summed E-state index contributed by atoms with van der Waals surface area (Å²) in [4.78, 5) is 111. The summed E-state index contributed by atoms with van der Waals surface area (Å²) in [5.74, 6) is -3.66. The molecular weight excluding hydrogens is 803 g/mol. The van der Waals surface area contributed by atoms with Crippen molar-refractivity contribution >= 4 is 63.2 Å². The molecule has 0 bridgehead atoms. The number of amides is 7. The van der Waals surface area contributed by atoms with E-state index in [4.69, 9.17) is 5.73 Å². The number of rotatable bonds is 7. The van der Waals surface area contributed by atoms with Gasteiger partial charge in [0.2, 0.25) is 41.4 Å². The quantitative estimate of drug-likeness (QED) is 0.147. The van der Waals surface area contributed by atoms with E-state index in [1.807, 2.05) is 54.7 Å². The number of nitrogens with two attached hydrogens (primary N) is 1. The fourth-order valence-corrected chi connectivity index (χ4v) is 11.2. The first-order valence-corrected chi connectivity index (χ1v) is 22.7. The number of benzene rings is 2. The van der Waals surface area contributed by atoms with Crippen LogP contribution in [0.15, 0.2) is 60.9 Å². The number of hydrogen-bond acceptors (Lipinski definition) is 7. The maximum absolute atomic E-state index is 15.0. The molecule has 3 saturated heterocycles. The van der Waals surface area contributed by atoms with Gasteiger partial charge in [0, 0.05) is 66.0 Å². The van der Waals surface area contributed by atoms with Crippen LogP contribution in [-0.4, -0.2) is 109 Å². The predicted molar refractivity (Wildman–Crippen MR) is 233 cm³/mol. The lowest BCUT2D eigenvalue weighted by atomic mass is 9.84. The van der Waals surface area contributed by atoms with E-state index in [1.54, 1.807) is 11.1 Å². The molecule has 4 aromatic rings. The van der Waals surface area contributed by atoms with Gasteiger partial charge in [-0.2, -0.15) is 0 Å². The predicted octanol–water partition coefficient (Wildman–Crippen LogP) is 2.75. The minimum atomic E-state index is -1.42. The lowest BCUT2D eigenvalue weighted by Gasteiger charge is -2.38. The van der Waals surface area contributed by atoms with E-state index in [9.17, 15) is 28.8 Å². The van der Waals surface area contributed by atoms with Gasteiger partial charge < -0.3 is 46.8 Å². The molecule has 5 heterocycles. The highest BCUT2D eigenvalue weighted by Crippen LogP contribution is 2.41. The van der Waals surface area contributed by atoms with Crippen LogP contribution in [0.2, 0.25) is 0 Å². The molecule has 2 aliphatic carbocycles. The number of para-hydroxylation sites is 2. The number of aromatic nitrogens is 2. The number of carbonyl (C=O) groups is 7. The van der Waals surface area contributed by atoms with Crippen molar-refractivity contribution in [1.82, 2.24) is 41.0 Å². The number of aromatic amines is 2. The molecule has 1 spiro atoms. The second-order valence-corrected chi connectivity index (χ2v) is 18.4. The summed E-state index contributed by atoms with van der Waals surface area (Å²) in [5.41, 5.74) is 7.41. The van der Waals surface area contributed by atoms with Crippen LogP contribution in [0.3, 0.4) is 0 Å². The van der Waals surface area contributed by atoms with Gasteiger partial charge in [0.15, 0.2) is 0 Å². The Morgan fingerprint density at radius 2 is 1.29 bits per heavy atom. The number of nitrogens with zero attached hydrogens (tertiary/aromatic N) is 2. The summed E-state index contributed by atoms with van der Waals surface area (Å²) in [6, 6.07) is 9.67. The average molecular weight is 860 g/mol. The molecular formula is C47H57N9O7. The van der Waals surface area contributed by atoms with E-state index in [2.05, 4.69) is 31.2 Å². The number of carbonyl (C=O) groups excluding carboxylic acids is 7. The Balaban J connectivity index is 1.12. The van der Waals surface area contributed by atoms with Crippen molar-refractivity contribution in [3.05, 3.63) is 72.1 Å². The summed E-state index contributed by atoms with van der Waals surface area (Å²) >= 11 is 0. The van der Waals surface area contributed by atoms with E-state index in [0.29, 0.717) is 51.4 Å². The van der Waals surface area contributed by atoms with E-state index >= 15 is 4.79 Å². The van der Waals surface area contributed by atoms with E-state index in [-0.39, 0.29) is 50.1 Å². The Labute approximate surface area is 365 Å². The van der Waals surface area contributed by atoms with Crippen molar-refractivity contribution in [3.8, 4) is 0 Å². The Bertz CT molecular complexity index is 2440. The van der Waals surface area contributed by atoms with Crippen molar-refractivity contribution in [2.24, 2.45) is 11.7 Å². The van der Waals surface area contributed by atoms with Gasteiger partial charge in [0.1, 0.15) is 35.7 Å². The highest BCUT2D eigenvalue weighted by Gasteiger charge is 2.52. The number of primary amides is 1. The Hall–Kier alpha value is -6.19. The van der Waals surface area contributed by atoms with Crippen LogP contribution in [-0.2, 0) is 46.4 Å². The Kier molecular flexibility index (Phi) is 11.7.